The molecule has 1 aromatic heterocycles. The van der Waals surface area contributed by atoms with Gasteiger partial charge < -0.3 is 4.74 Å². The Kier molecular flexibility index (Phi) is 5.76. The summed E-state index contributed by atoms with van der Waals surface area (Å²) in [5.74, 6) is 0.0972. The van der Waals surface area contributed by atoms with Crippen molar-refractivity contribution in [3.8, 4) is 5.75 Å². The van der Waals surface area contributed by atoms with Crippen LogP contribution in [0.4, 0.5) is 8.78 Å². The smallest absolute Gasteiger partial charge is 0.387 e. The van der Waals surface area contributed by atoms with Crippen LogP contribution in [0.25, 0.3) is 0 Å². The second-order valence-electron chi connectivity index (χ2n) is 2.08. The molecule has 0 radical (unpaired) electrons. The fourth-order valence-electron chi connectivity index (χ4n) is 0.695. The van der Waals surface area contributed by atoms with E-state index in [0.717, 1.165) is 5.56 Å². The lowest BCUT2D eigenvalue weighted by atomic mass is 10.3. The van der Waals surface area contributed by atoms with Crippen molar-refractivity contribution in [2.75, 3.05) is 0 Å². The molecular formula is C9H13F2NO. The van der Waals surface area contributed by atoms with Gasteiger partial charge in [0.2, 0.25) is 0 Å². The minimum atomic E-state index is -2.78. The van der Waals surface area contributed by atoms with Crippen LogP contribution in [0.2, 0.25) is 0 Å². The van der Waals surface area contributed by atoms with Crippen molar-refractivity contribution in [3.05, 3.63) is 24.0 Å². The van der Waals surface area contributed by atoms with Crippen LogP contribution in [0.15, 0.2) is 18.5 Å². The molecule has 13 heavy (non-hydrogen) atoms. The van der Waals surface area contributed by atoms with Gasteiger partial charge in [-0.15, -0.1) is 0 Å². The predicted molar refractivity (Wildman–Crippen MR) is 47.0 cm³/mol. The van der Waals surface area contributed by atoms with E-state index in [1.54, 1.807) is 13.1 Å². The quantitative estimate of drug-likeness (QED) is 0.713. The molecule has 0 unspecified atom stereocenters. The number of aromatic nitrogens is 1. The molecule has 0 aliphatic rings. The zero-order chi connectivity index (χ0) is 10.3. The second-order valence-corrected chi connectivity index (χ2v) is 2.08. The van der Waals surface area contributed by atoms with Gasteiger partial charge in [0.25, 0.3) is 0 Å². The average Bonchev–Trinajstić information content (AvgIpc) is 2.06. The Morgan fingerprint density at radius 2 is 1.92 bits per heavy atom. The van der Waals surface area contributed by atoms with Gasteiger partial charge in [-0.1, -0.05) is 13.8 Å². The van der Waals surface area contributed by atoms with Crippen LogP contribution >= 0.6 is 0 Å². The van der Waals surface area contributed by atoms with Gasteiger partial charge in [0.15, 0.2) is 0 Å². The van der Waals surface area contributed by atoms with Crippen LogP contribution in [-0.2, 0) is 0 Å². The third-order valence-corrected chi connectivity index (χ3v) is 1.08. The van der Waals surface area contributed by atoms with Gasteiger partial charge in [-0.05, 0) is 18.6 Å². The van der Waals surface area contributed by atoms with Gasteiger partial charge in [0.1, 0.15) is 5.75 Å². The van der Waals surface area contributed by atoms with E-state index in [-0.39, 0.29) is 5.75 Å². The zero-order valence-corrected chi connectivity index (χ0v) is 7.92. The van der Waals surface area contributed by atoms with Crippen LogP contribution in [-0.4, -0.2) is 11.6 Å². The highest BCUT2D eigenvalue weighted by Gasteiger charge is 2.03. The van der Waals surface area contributed by atoms with E-state index in [9.17, 15) is 8.78 Å². The third kappa shape index (κ3) is 5.11. The number of hydrogen-bond acceptors (Lipinski definition) is 2. The summed E-state index contributed by atoms with van der Waals surface area (Å²) in [5, 5.41) is 0. The van der Waals surface area contributed by atoms with Gasteiger partial charge in [-0.25, -0.2) is 0 Å². The zero-order valence-electron chi connectivity index (χ0n) is 7.92. The molecule has 0 saturated carbocycles. The molecule has 0 atom stereocenters. The number of aryl methyl sites for hydroxylation is 1. The van der Waals surface area contributed by atoms with E-state index >= 15 is 0 Å². The summed E-state index contributed by atoms with van der Waals surface area (Å²) >= 11 is 0. The summed E-state index contributed by atoms with van der Waals surface area (Å²) in [4.78, 5) is 3.68. The Balaban J connectivity index is 0.000000671. The van der Waals surface area contributed by atoms with E-state index in [4.69, 9.17) is 0 Å². The predicted octanol–water partition coefficient (Wildman–Crippen LogP) is 3.02. The van der Waals surface area contributed by atoms with Crippen LogP contribution in [0.1, 0.15) is 19.4 Å². The lowest BCUT2D eigenvalue weighted by molar-refractivity contribution is -0.0500. The SMILES string of the molecule is CC.Cc1cncc(OC(F)F)c1. The van der Waals surface area contributed by atoms with Gasteiger partial charge in [0, 0.05) is 6.20 Å². The number of nitrogens with zero attached hydrogens (tertiary/aromatic N) is 1. The summed E-state index contributed by atoms with van der Waals surface area (Å²) in [6, 6.07) is 1.50. The van der Waals surface area contributed by atoms with Crippen molar-refractivity contribution >= 4 is 0 Å². The minimum absolute atomic E-state index is 0.0972. The van der Waals surface area contributed by atoms with Gasteiger partial charge >= 0.3 is 6.61 Å². The normalized spacial score (nSPS) is 9.08. The molecule has 0 saturated heterocycles. The minimum Gasteiger partial charge on any atom is -0.433 e. The van der Waals surface area contributed by atoms with Crippen molar-refractivity contribution in [2.45, 2.75) is 27.4 Å². The molecule has 1 aromatic rings. The summed E-state index contributed by atoms with van der Waals surface area (Å²) < 4.78 is 27.3. The van der Waals surface area contributed by atoms with Crippen LogP contribution < -0.4 is 4.74 Å². The number of rotatable bonds is 2. The highest BCUT2D eigenvalue weighted by Crippen LogP contribution is 2.12. The molecule has 4 heteroatoms. The van der Waals surface area contributed by atoms with E-state index in [1.807, 2.05) is 13.8 Å². The molecular weight excluding hydrogens is 176 g/mol. The molecule has 0 bridgehead atoms. The largest absolute Gasteiger partial charge is 0.433 e. The lowest BCUT2D eigenvalue weighted by Gasteiger charge is -2.02. The first-order chi connectivity index (χ1) is 6.18. The molecule has 74 valence electrons. The molecule has 0 fully saturated rings. The Hall–Kier alpha value is -1.19. The van der Waals surface area contributed by atoms with E-state index < -0.39 is 6.61 Å². The maximum Gasteiger partial charge on any atom is 0.387 e. The molecule has 0 spiro atoms. The number of halogens is 2. The van der Waals surface area contributed by atoms with Crippen molar-refractivity contribution < 1.29 is 13.5 Å². The fraction of sp³-hybridized carbons (Fsp3) is 0.444. The Morgan fingerprint density at radius 1 is 1.31 bits per heavy atom. The third-order valence-electron chi connectivity index (χ3n) is 1.08. The molecule has 2 nitrogen and oxygen atoms in total. The molecule has 0 aromatic carbocycles. The molecule has 0 N–H and O–H groups in total. The topological polar surface area (TPSA) is 22.1 Å². The maximum absolute atomic E-state index is 11.6. The van der Waals surface area contributed by atoms with Gasteiger partial charge in [-0.2, -0.15) is 8.78 Å². The maximum atomic E-state index is 11.6. The number of pyridine rings is 1. The Bertz CT molecular complexity index is 241. The molecule has 0 aliphatic heterocycles. The molecule has 0 amide bonds. The van der Waals surface area contributed by atoms with Crippen molar-refractivity contribution in [2.24, 2.45) is 0 Å². The highest BCUT2D eigenvalue weighted by molar-refractivity contribution is 5.22. The first kappa shape index (κ1) is 11.8. The number of alkyl halides is 2. The van der Waals surface area contributed by atoms with Gasteiger partial charge in [-0.3, -0.25) is 4.98 Å². The first-order valence-electron chi connectivity index (χ1n) is 4.05. The summed E-state index contributed by atoms with van der Waals surface area (Å²) in [6.45, 7) is 2.98. The lowest BCUT2D eigenvalue weighted by Crippen LogP contribution is -2.02. The molecule has 1 rings (SSSR count). The molecule has 1 heterocycles. The summed E-state index contributed by atoms with van der Waals surface area (Å²) in [5.41, 5.74) is 0.795. The summed E-state index contributed by atoms with van der Waals surface area (Å²) in [6.07, 6.45) is 2.82. The van der Waals surface area contributed by atoms with E-state index in [0.29, 0.717) is 0 Å². The number of hydrogen-bond donors (Lipinski definition) is 0. The van der Waals surface area contributed by atoms with E-state index in [2.05, 4.69) is 9.72 Å². The Morgan fingerprint density at radius 3 is 2.38 bits per heavy atom. The van der Waals surface area contributed by atoms with Gasteiger partial charge in [0.05, 0.1) is 6.20 Å². The monoisotopic (exact) mass is 189 g/mol. The van der Waals surface area contributed by atoms with Crippen molar-refractivity contribution in [1.82, 2.24) is 4.98 Å². The number of ether oxygens (including phenoxy) is 1. The second kappa shape index (κ2) is 6.34. The van der Waals surface area contributed by atoms with Crippen LogP contribution in [0, 0.1) is 6.92 Å². The average molecular weight is 189 g/mol. The van der Waals surface area contributed by atoms with Crippen LogP contribution in [0.3, 0.4) is 0 Å². The highest BCUT2D eigenvalue weighted by atomic mass is 19.3. The van der Waals surface area contributed by atoms with Crippen molar-refractivity contribution in [3.63, 3.8) is 0 Å². The fourth-order valence-corrected chi connectivity index (χ4v) is 0.695. The summed E-state index contributed by atoms with van der Waals surface area (Å²) in [7, 11) is 0. The molecule has 0 aliphatic carbocycles. The Labute approximate surface area is 76.6 Å². The standard InChI is InChI=1S/C7H7F2NO.C2H6/c1-5-2-6(4-10-3-5)11-7(8)9;1-2/h2-4,7H,1H3;1-2H3. The van der Waals surface area contributed by atoms with E-state index in [1.165, 1.54) is 12.3 Å². The van der Waals surface area contributed by atoms with Crippen molar-refractivity contribution in [1.29, 1.82) is 0 Å². The first-order valence-corrected chi connectivity index (χ1v) is 4.05. The van der Waals surface area contributed by atoms with Crippen LogP contribution in [0.5, 0.6) is 5.75 Å².